The monoisotopic (exact) mass is 401 g/mol. The average Bonchev–Trinajstić information content (AvgIpc) is 3.26. The van der Waals surface area contributed by atoms with Crippen molar-refractivity contribution in [1.82, 2.24) is 4.98 Å². The Balaban J connectivity index is 1.53. The first-order chi connectivity index (χ1) is 13.4. The number of aromatic nitrogens is 1. The van der Waals surface area contributed by atoms with Gasteiger partial charge in [-0.25, -0.2) is 9.37 Å². The number of primary amides is 1. The van der Waals surface area contributed by atoms with Crippen LogP contribution in [-0.2, 0) is 22.4 Å². The van der Waals surface area contributed by atoms with Crippen molar-refractivity contribution < 1.29 is 14.0 Å². The van der Waals surface area contributed by atoms with Crippen molar-refractivity contribution in [1.29, 1.82) is 0 Å². The van der Waals surface area contributed by atoms with Gasteiger partial charge < -0.3 is 5.73 Å². The summed E-state index contributed by atoms with van der Waals surface area (Å²) in [6, 6.07) is 4.72. The highest BCUT2D eigenvalue weighted by molar-refractivity contribution is 7.16. The van der Waals surface area contributed by atoms with E-state index in [-0.39, 0.29) is 12.1 Å². The van der Waals surface area contributed by atoms with E-state index in [1.807, 2.05) is 0 Å². The van der Waals surface area contributed by atoms with Gasteiger partial charge >= 0.3 is 0 Å². The fourth-order valence-electron chi connectivity index (χ4n) is 3.46. The Morgan fingerprint density at radius 3 is 2.75 bits per heavy atom. The number of fused-ring (bicyclic) bond motifs is 1. The van der Waals surface area contributed by atoms with E-state index in [0.717, 1.165) is 25.0 Å². The molecule has 1 aliphatic heterocycles. The van der Waals surface area contributed by atoms with E-state index in [4.69, 9.17) is 5.73 Å². The number of nitrogens with two attached hydrogens (primary N) is 1. The zero-order valence-electron chi connectivity index (χ0n) is 15.3. The van der Waals surface area contributed by atoms with Crippen molar-refractivity contribution in [2.45, 2.75) is 38.6 Å². The average molecular weight is 401 g/mol. The van der Waals surface area contributed by atoms with Crippen molar-refractivity contribution in [3.05, 3.63) is 40.7 Å². The number of thiazole rings is 1. The minimum Gasteiger partial charge on any atom is -0.368 e. The molecule has 0 saturated carbocycles. The van der Waals surface area contributed by atoms with Crippen LogP contribution in [0.15, 0.2) is 29.4 Å². The lowest BCUT2D eigenvalue weighted by Crippen LogP contribution is -2.39. The van der Waals surface area contributed by atoms with Crippen LogP contribution < -0.4 is 16.1 Å². The first kappa shape index (κ1) is 18.5. The Morgan fingerprint density at radius 2 is 2.04 bits per heavy atom. The summed E-state index contributed by atoms with van der Waals surface area (Å²) < 4.78 is 13.2. The molecule has 0 radical (unpaired) electrons. The molecule has 9 heteroatoms. The smallest absolute Gasteiger partial charge is 0.273 e. The van der Waals surface area contributed by atoms with Gasteiger partial charge in [0.15, 0.2) is 5.13 Å². The van der Waals surface area contributed by atoms with Crippen molar-refractivity contribution >= 4 is 39.7 Å². The molecule has 0 spiro atoms. The molecule has 1 aliphatic carbocycles. The normalized spacial score (nSPS) is 21.2. The molecular weight excluding hydrogens is 381 g/mol. The van der Waals surface area contributed by atoms with Gasteiger partial charge in [0.25, 0.3) is 5.91 Å². The fourth-order valence-corrected chi connectivity index (χ4v) is 4.63. The summed E-state index contributed by atoms with van der Waals surface area (Å²) >= 11 is 1.49. The standard InChI is InChI=1S/C19H20FN5O2S/c1-10-2-7-13-16(8-10)28-19(22-13)23-18(27)14-9-15(17(21)26)25(24-14)12-5-3-11(20)4-6-12/h3-6,10,15H,2,7-9H2,1H3,(H2,21,26)(H,22,23,27)/t10-,15+/m1/s1. The van der Waals surface area contributed by atoms with Gasteiger partial charge in [0.1, 0.15) is 17.6 Å². The van der Waals surface area contributed by atoms with Gasteiger partial charge in [-0.2, -0.15) is 5.10 Å². The van der Waals surface area contributed by atoms with Gasteiger partial charge in [0.2, 0.25) is 5.91 Å². The maximum Gasteiger partial charge on any atom is 0.273 e. The Labute approximate surface area is 165 Å². The molecule has 0 saturated heterocycles. The number of amides is 2. The molecule has 4 rings (SSSR count). The second-order valence-corrected chi connectivity index (χ2v) is 8.26. The summed E-state index contributed by atoms with van der Waals surface area (Å²) in [6.07, 6.45) is 3.09. The molecule has 0 unspecified atom stereocenters. The summed E-state index contributed by atoms with van der Waals surface area (Å²) in [7, 11) is 0. The lowest BCUT2D eigenvalue weighted by Gasteiger charge is -2.20. The van der Waals surface area contributed by atoms with E-state index in [9.17, 15) is 14.0 Å². The quantitative estimate of drug-likeness (QED) is 0.822. The predicted octanol–water partition coefficient (Wildman–Crippen LogP) is 2.47. The minimum atomic E-state index is -0.795. The summed E-state index contributed by atoms with van der Waals surface area (Å²) in [6.45, 7) is 2.21. The molecular formula is C19H20FN5O2S. The molecule has 2 aromatic rings. The number of nitrogens with zero attached hydrogens (tertiary/aromatic N) is 3. The molecule has 2 amide bonds. The number of hydrogen-bond acceptors (Lipinski definition) is 6. The van der Waals surface area contributed by atoms with E-state index < -0.39 is 23.7 Å². The number of benzene rings is 1. The van der Waals surface area contributed by atoms with Crippen molar-refractivity contribution in [2.24, 2.45) is 16.8 Å². The van der Waals surface area contributed by atoms with Gasteiger partial charge in [-0.05, 0) is 49.4 Å². The summed E-state index contributed by atoms with van der Waals surface area (Å²) in [5.74, 6) is -0.788. The molecule has 0 fully saturated rings. The number of anilines is 2. The number of nitrogens with one attached hydrogen (secondary N) is 1. The number of carbonyl (C=O) groups is 2. The topological polar surface area (TPSA) is 101 Å². The molecule has 2 aliphatic rings. The number of hydrazone groups is 1. The molecule has 3 N–H and O–H groups in total. The molecule has 2 heterocycles. The van der Waals surface area contributed by atoms with Crippen LogP contribution in [0.4, 0.5) is 15.2 Å². The van der Waals surface area contributed by atoms with Gasteiger partial charge in [-0.3, -0.25) is 19.9 Å². The van der Waals surface area contributed by atoms with Gasteiger partial charge in [-0.1, -0.05) is 6.92 Å². The number of halogens is 1. The number of rotatable bonds is 4. The lowest BCUT2D eigenvalue weighted by atomic mass is 9.93. The fraction of sp³-hybridized carbons (Fsp3) is 0.368. The largest absolute Gasteiger partial charge is 0.368 e. The van der Waals surface area contributed by atoms with Crippen molar-refractivity contribution in [3.63, 3.8) is 0 Å². The predicted molar refractivity (Wildman–Crippen MR) is 106 cm³/mol. The van der Waals surface area contributed by atoms with Gasteiger partial charge in [-0.15, -0.1) is 11.3 Å². The van der Waals surface area contributed by atoms with Gasteiger partial charge in [0.05, 0.1) is 11.4 Å². The third-order valence-corrected chi connectivity index (χ3v) is 6.03. The lowest BCUT2D eigenvalue weighted by molar-refractivity contribution is -0.119. The summed E-state index contributed by atoms with van der Waals surface area (Å²) in [5, 5.41) is 8.98. The molecule has 1 aromatic heterocycles. The molecule has 2 atom stereocenters. The van der Waals surface area contributed by atoms with E-state index >= 15 is 0 Å². The Morgan fingerprint density at radius 1 is 1.29 bits per heavy atom. The van der Waals surface area contributed by atoms with E-state index in [0.29, 0.717) is 16.7 Å². The van der Waals surface area contributed by atoms with E-state index in [1.54, 1.807) is 0 Å². The maximum absolute atomic E-state index is 13.2. The van der Waals surface area contributed by atoms with Crippen LogP contribution in [0.2, 0.25) is 0 Å². The van der Waals surface area contributed by atoms with Crippen molar-refractivity contribution in [3.8, 4) is 0 Å². The molecule has 146 valence electrons. The molecule has 7 nitrogen and oxygen atoms in total. The van der Waals surface area contributed by atoms with E-state index in [2.05, 4.69) is 22.3 Å². The Bertz CT molecular complexity index is 956. The zero-order chi connectivity index (χ0) is 19.8. The van der Waals surface area contributed by atoms with Crippen LogP contribution in [0.25, 0.3) is 0 Å². The van der Waals surface area contributed by atoms with Crippen LogP contribution in [0.5, 0.6) is 0 Å². The third-order valence-electron chi connectivity index (χ3n) is 5.00. The maximum atomic E-state index is 13.2. The molecule has 28 heavy (non-hydrogen) atoms. The Kier molecular flexibility index (Phi) is 4.84. The zero-order valence-corrected chi connectivity index (χ0v) is 16.1. The second kappa shape index (κ2) is 7.31. The highest BCUT2D eigenvalue weighted by Gasteiger charge is 2.35. The highest BCUT2D eigenvalue weighted by Crippen LogP contribution is 2.32. The van der Waals surface area contributed by atoms with Crippen LogP contribution in [0.1, 0.15) is 30.3 Å². The van der Waals surface area contributed by atoms with Gasteiger partial charge in [0, 0.05) is 11.3 Å². The first-order valence-corrected chi connectivity index (χ1v) is 9.94. The van der Waals surface area contributed by atoms with Crippen LogP contribution in [0.3, 0.4) is 0 Å². The van der Waals surface area contributed by atoms with Crippen LogP contribution in [0, 0.1) is 11.7 Å². The first-order valence-electron chi connectivity index (χ1n) is 9.12. The molecule has 0 bridgehead atoms. The SMILES string of the molecule is C[C@@H]1CCc2nc(NC(=O)C3=NN(c4ccc(F)cc4)[C@H](C(N)=O)C3)sc2C1. The van der Waals surface area contributed by atoms with Crippen LogP contribution in [-0.4, -0.2) is 28.6 Å². The number of aryl methyl sites for hydroxylation is 1. The minimum absolute atomic E-state index is 0.0840. The third kappa shape index (κ3) is 3.62. The summed E-state index contributed by atoms with van der Waals surface area (Å²) in [4.78, 5) is 30.2. The highest BCUT2D eigenvalue weighted by atomic mass is 32.1. The van der Waals surface area contributed by atoms with Crippen molar-refractivity contribution in [2.75, 3.05) is 10.3 Å². The Hall–Kier alpha value is -2.81. The number of carbonyl (C=O) groups excluding carboxylic acids is 2. The number of hydrogen-bond donors (Lipinski definition) is 2. The summed E-state index contributed by atoms with van der Waals surface area (Å²) in [5.41, 5.74) is 7.21. The second-order valence-electron chi connectivity index (χ2n) is 7.18. The van der Waals surface area contributed by atoms with E-state index in [1.165, 1.54) is 45.5 Å². The van der Waals surface area contributed by atoms with Crippen LogP contribution >= 0.6 is 11.3 Å². The molecule has 1 aromatic carbocycles.